The molecule has 0 aliphatic carbocycles. The Morgan fingerprint density at radius 2 is 2.14 bits per heavy atom. The molecule has 0 spiro atoms. The highest BCUT2D eigenvalue weighted by Crippen LogP contribution is 2.23. The number of rotatable bonds is 5. The van der Waals surface area contributed by atoms with Gasteiger partial charge in [-0.25, -0.2) is 4.99 Å². The van der Waals surface area contributed by atoms with E-state index < -0.39 is 0 Å². The number of aliphatic imine (C=N–C) groups is 1. The summed E-state index contributed by atoms with van der Waals surface area (Å²) in [4.78, 5) is 4.59. The van der Waals surface area contributed by atoms with Gasteiger partial charge in [-0.1, -0.05) is 12.1 Å². The van der Waals surface area contributed by atoms with Gasteiger partial charge in [0.25, 0.3) is 0 Å². The van der Waals surface area contributed by atoms with Gasteiger partial charge in [0.2, 0.25) is 0 Å². The topological polar surface area (TPSA) is 69.4 Å². The van der Waals surface area contributed by atoms with Crippen LogP contribution < -0.4 is 10.6 Å². The third-order valence-electron chi connectivity index (χ3n) is 3.78. The fourth-order valence-corrected chi connectivity index (χ4v) is 2.44. The van der Waals surface area contributed by atoms with Crippen LogP contribution in [0.3, 0.4) is 0 Å². The number of nitrogens with one attached hydrogen (secondary N) is 2. The molecule has 0 bridgehead atoms. The first-order chi connectivity index (χ1) is 10.6. The number of guanidine groups is 1. The Labute approximate surface area is 132 Å². The van der Waals surface area contributed by atoms with Crippen LogP contribution in [0, 0.1) is 11.3 Å². The van der Waals surface area contributed by atoms with Gasteiger partial charge in [0, 0.05) is 19.7 Å². The zero-order valence-electron chi connectivity index (χ0n) is 13.4. The second kappa shape index (κ2) is 7.81. The molecule has 1 atom stereocenters. The van der Waals surface area contributed by atoms with Crippen LogP contribution in [0.5, 0.6) is 0 Å². The highest BCUT2D eigenvalue weighted by Gasteiger charge is 2.29. The molecule has 1 unspecified atom stereocenters. The van der Waals surface area contributed by atoms with Crippen molar-refractivity contribution in [3.8, 4) is 6.07 Å². The first-order valence-corrected chi connectivity index (χ1v) is 7.80. The summed E-state index contributed by atoms with van der Waals surface area (Å²) in [6.07, 6.45) is 2.20. The normalized spacial score (nSPS) is 21.4. The van der Waals surface area contributed by atoms with E-state index in [0.29, 0.717) is 12.1 Å². The summed E-state index contributed by atoms with van der Waals surface area (Å²) < 4.78 is 5.78. The van der Waals surface area contributed by atoms with Gasteiger partial charge in [-0.05, 0) is 44.4 Å². The zero-order valence-corrected chi connectivity index (χ0v) is 13.4. The highest BCUT2D eigenvalue weighted by molar-refractivity contribution is 5.79. The molecular weight excluding hydrogens is 276 g/mol. The Morgan fingerprint density at radius 1 is 1.36 bits per heavy atom. The van der Waals surface area contributed by atoms with E-state index in [9.17, 15) is 0 Å². The molecule has 5 heteroatoms. The predicted molar refractivity (Wildman–Crippen MR) is 87.6 cm³/mol. The second-order valence-corrected chi connectivity index (χ2v) is 5.76. The molecule has 1 aromatic rings. The predicted octanol–water partition coefficient (Wildman–Crippen LogP) is 2.18. The molecule has 2 N–H and O–H groups in total. The molecule has 0 amide bonds. The molecule has 1 aromatic carbocycles. The van der Waals surface area contributed by atoms with Crippen molar-refractivity contribution in [1.82, 2.24) is 10.6 Å². The lowest BCUT2D eigenvalue weighted by Gasteiger charge is -2.24. The van der Waals surface area contributed by atoms with Crippen molar-refractivity contribution in [2.75, 3.05) is 19.7 Å². The summed E-state index contributed by atoms with van der Waals surface area (Å²) in [5, 5.41) is 15.4. The number of nitrogens with zero attached hydrogens (tertiary/aromatic N) is 2. The summed E-state index contributed by atoms with van der Waals surface area (Å²) in [5.41, 5.74) is 1.66. The standard InChI is InChI=1S/C17H24N4O/c1-3-19-16(21-13-17(2)9-4-10-22-17)20-12-15-7-5-14(11-18)6-8-15/h5-8H,3-4,9-10,12-13H2,1-2H3,(H2,19,20,21). The second-order valence-electron chi connectivity index (χ2n) is 5.76. The van der Waals surface area contributed by atoms with Gasteiger partial charge < -0.3 is 15.4 Å². The van der Waals surface area contributed by atoms with Crippen molar-refractivity contribution in [3.05, 3.63) is 35.4 Å². The number of hydrogen-bond acceptors (Lipinski definition) is 3. The average Bonchev–Trinajstić information content (AvgIpc) is 2.98. The minimum Gasteiger partial charge on any atom is -0.373 e. The van der Waals surface area contributed by atoms with Crippen LogP contribution in [0.15, 0.2) is 29.3 Å². The summed E-state index contributed by atoms with van der Waals surface area (Å²) in [6.45, 7) is 7.18. The van der Waals surface area contributed by atoms with E-state index in [0.717, 1.165) is 44.1 Å². The lowest BCUT2D eigenvalue weighted by atomic mass is 10.0. The summed E-state index contributed by atoms with van der Waals surface area (Å²) >= 11 is 0. The van der Waals surface area contributed by atoms with Crippen LogP contribution >= 0.6 is 0 Å². The van der Waals surface area contributed by atoms with E-state index in [-0.39, 0.29) is 5.60 Å². The van der Waals surface area contributed by atoms with Crippen molar-refractivity contribution in [1.29, 1.82) is 5.26 Å². The third kappa shape index (κ3) is 4.74. The van der Waals surface area contributed by atoms with Crippen molar-refractivity contribution in [2.24, 2.45) is 4.99 Å². The maximum atomic E-state index is 8.81. The Balaban J connectivity index is 1.92. The zero-order chi connectivity index (χ0) is 15.8. The SMILES string of the molecule is CCNC(=NCc1ccc(C#N)cc1)NCC1(C)CCCO1. The van der Waals surface area contributed by atoms with Gasteiger partial charge in [-0.2, -0.15) is 5.26 Å². The fraction of sp³-hybridized carbons (Fsp3) is 0.529. The molecule has 1 saturated heterocycles. The van der Waals surface area contributed by atoms with Gasteiger partial charge in [0.05, 0.1) is 23.8 Å². The monoisotopic (exact) mass is 300 g/mol. The van der Waals surface area contributed by atoms with Crippen molar-refractivity contribution in [3.63, 3.8) is 0 Å². The largest absolute Gasteiger partial charge is 0.373 e. The maximum Gasteiger partial charge on any atom is 0.191 e. The minimum absolute atomic E-state index is 0.0926. The lowest BCUT2D eigenvalue weighted by molar-refractivity contribution is 0.0243. The Morgan fingerprint density at radius 3 is 2.73 bits per heavy atom. The van der Waals surface area contributed by atoms with Crippen LogP contribution in [-0.2, 0) is 11.3 Å². The van der Waals surface area contributed by atoms with E-state index in [1.807, 2.05) is 31.2 Å². The molecule has 22 heavy (non-hydrogen) atoms. The van der Waals surface area contributed by atoms with E-state index in [2.05, 4.69) is 28.6 Å². The van der Waals surface area contributed by atoms with Crippen molar-refractivity contribution < 1.29 is 4.74 Å². The van der Waals surface area contributed by atoms with E-state index >= 15 is 0 Å². The van der Waals surface area contributed by atoms with Crippen LogP contribution in [-0.4, -0.2) is 31.3 Å². The highest BCUT2D eigenvalue weighted by atomic mass is 16.5. The molecule has 0 aromatic heterocycles. The molecule has 0 saturated carbocycles. The van der Waals surface area contributed by atoms with Crippen LogP contribution in [0.4, 0.5) is 0 Å². The Kier molecular flexibility index (Phi) is 5.79. The van der Waals surface area contributed by atoms with E-state index in [4.69, 9.17) is 10.00 Å². The molecule has 1 heterocycles. The molecule has 118 valence electrons. The minimum atomic E-state index is -0.0926. The van der Waals surface area contributed by atoms with Gasteiger partial charge in [-0.3, -0.25) is 0 Å². The molecule has 1 aliphatic heterocycles. The lowest BCUT2D eigenvalue weighted by Crippen LogP contribution is -2.45. The van der Waals surface area contributed by atoms with Crippen LogP contribution in [0.2, 0.25) is 0 Å². The molecule has 1 fully saturated rings. The number of hydrogen-bond donors (Lipinski definition) is 2. The average molecular weight is 300 g/mol. The molecule has 5 nitrogen and oxygen atoms in total. The van der Waals surface area contributed by atoms with E-state index in [1.54, 1.807) is 0 Å². The molecule has 0 radical (unpaired) electrons. The summed E-state index contributed by atoms with van der Waals surface area (Å²) in [6, 6.07) is 9.63. The van der Waals surface area contributed by atoms with E-state index in [1.165, 1.54) is 0 Å². The third-order valence-corrected chi connectivity index (χ3v) is 3.78. The Hall–Kier alpha value is -2.06. The number of nitriles is 1. The first kappa shape index (κ1) is 16.3. The summed E-state index contributed by atoms with van der Waals surface area (Å²) in [7, 11) is 0. The van der Waals surface area contributed by atoms with Crippen LogP contribution in [0.25, 0.3) is 0 Å². The van der Waals surface area contributed by atoms with Gasteiger partial charge in [0.15, 0.2) is 5.96 Å². The quantitative estimate of drug-likeness (QED) is 0.646. The maximum absolute atomic E-state index is 8.81. The van der Waals surface area contributed by atoms with Gasteiger partial charge >= 0.3 is 0 Å². The molecule has 2 rings (SSSR count). The molecule has 1 aliphatic rings. The van der Waals surface area contributed by atoms with Crippen molar-refractivity contribution >= 4 is 5.96 Å². The molecular formula is C17H24N4O. The fourth-order valence-electron chi connectivity index (χ4n) is 2.44. The van der Waals surface area contributed by atoms with Crippen molar-refractivity contribution in [2.45, 2.75) is 38.8 Å². The van der Waals surface area contributed by atoms with Gasteiger partial charge in [-0.15, -0.1) is 0 Å². The smallest absolute Gasteiger partial charge is 0.191 e. The Bertz CT molecular complexity index is 539. The number of ether oxygens (including phenoxy) is 1. The first-order valence-electron chi connectivity index (χ1n) is 7.80. The summed E-state index contributed by atoms with van der Waals surface area (Å²) in [5.74, 6) is 0.795. The van der Waals surface area contributed by atoms with Crippen LogP contribution in [0.1, 0.15) is 37.8 Å². The van der Waals surface area contributed by atoms with Gasteiger partial charge in [0.1, 0.15) is 0 Å². The number of benzene rings is 1.